The Hall–Kier alpha value is -2.63. The van der Waals surface area contributed by atoms with E-state index in [2.05, 4.69) is 10.1 Å². The zero-order valence-electron chi connectivity index (χ0n) is 12.0. The van der Waals surface area contributed by atoms with Gasteiger partial charge in [-0.05, 0) is 38.1 Å². The minimum Gasteiger partial charge on any atom is -0.409 e. The first kappa shape index (κ1) is 14.8. The van der Waals surface area contributed by atoms with Crippen LogP contribution in [-0.2, 0) is 0 Å². The van der Waals surface area contributed by atoms with Crippen LogP contribution in [0.25, 0.3) is 10.9 Å². The Balaban J connectivity index is 2.34. The molecular weight excluding hydrogens is 268 g/mol. The van der Waals surface area contributed by atoms with E-state index in [9.17, 15) is 4.79 Å². The first-order valence-electron chi connectivity index (χ1n) is 6.65. The van der Waals surface area contributed by atoms with Crippen LogP contribution in [-0.4, -0.2) is 39.4 Å². The van der Waals surface area contributed by atoms with E-state index in [4.69, 9.17) is 10.9 Å². The standard InChI is InChI=1S/C15H18N4O2/c1-10(2)19(9-14(16)18-21)15(20)12-5-6-13-11(8-12)4-3-7-17-13/h3-8,10,21H,9H2,1-2H3,(H2,16,18). The molecule has 21 heavy (non-hydrogen) atoms. The Bertz CT molecular complexity index is 682. The SMILES string of the molecule is CC(C)N(CC(N)=NO)C(=O)c1ccc2ncccc2c1. The molecule has 110 valence electrons. The van der Waals surface area contributed by atoms with Gasteiger partial charge in [0.1, 0.15) is 0 Å². The number of oxime groups is 1. The fourth-order valence-corrected chi connectivity index (χ4v) is 2.07. The number of hydrogen-bond acceptors (Lipinski definition) is 4. The van der Waals surface area contributed by atoms with E-state index in [0.29, 0.717) is 5.56 Å². The number of benzene rings is 1. The van der Waals surface area contributed by atoms with Crippen molar-refractivity contribution in [1.82, 2.24) is 9.88 Å². The molecular formula is C15H18N4O2. The highest BCUT2D eigenvalue weighted by Crippen LogP contribution is 2.16. The monoisotopic (exact) mass is 286 g/mol. The summed E-state index contributed by atoms with van der Waals surface area (Å²) in [5, 5.41) is 12.5. The van der Waals surface area contributed by atoms with Gasteiger partial charge in [0.2, 0.25) is 0 Å². The lowest BCUT2D eigenvalue weighted by molar-refractivity contribution is 0.0734. The number of carbonyl (C=O) groups is 1. The van der Waals surface area contributed by atoms with Crippen molar-refractivity contribution in [2.75, 3.05) is 6.54 Å². The van der Waals surface area contributed by atoms with Crippen molar-refractivity contribution in [3.63, 3.8) is 0 Å². The highest BCUT2D eigenvalue weighted by Gasteiger charge is 2.20. The first-order valence-corrected chi connectivity index (χ1v) is 6.65. The number of fused-ring (bicyclic) bond motifs is 1. The molecule has 0 saturated carbocycles. The van der Waals surface area contributed by atoms with Crippen molar-refractivity contribution in [2.24, 2.45) is 10.9 Å². The van der Waals surface area contributed by atoms with Crippen LogP contribution in [0.3, 0.4) is 0 Å². The van der Waals surface area contributed by atoms with E-state index in [0.717, 1.165) is 10.9 Å². The topological polar surface area (TPSA) is 91.8 Å². The molecule has 0 bridgehead atoms. The minimum absolute atomic E-state index is 0.000458. The fraction of sp³-hybridized carbons (Fsp3) is 0.267. The quantitative estimate of drug-likeness (QED) is 0.388. The largest absolute Gasteiger partial charge is 0.409 e. The van der Waals surface area contributed by atoms with Gasteiger partial charge in [-0.15, -0.1) is 0 Å². The molecule has 0 saturated heterocycles. The summed E-state index contributed by atoms with van der Waals surface area (Å²) in [6.45, 7) is 3.84. The lowest BCUT2D eigenvalue weighted by Gasteiger charge is -2.26. The van der Waals surface area contributed by atoms with Crippen LogP contribution in [0, 0.1) is 0 Å². The molecule has 3 N–H and O–H groups in total. The van der Waals surface area contributed by atoms with E-state index >= 15 is 0 Å². The van der Waals surface area contributed by atoms with Gasteiger partial charge < -0.3 is 15.8 Å². The number of amidine groups is 1. The molecule has 2 rings (SSSR count). The Morgan fingerprint density at radius 1 is 1.43 bits per heavy atom. The van der Waals surface area contributed by atoms with Gasteiger partial charge in [-0.1, -0.05) is 11.2 Å². The molecule has 6 nitrogen and oxygen atoms in total. The van der Waals surface area contributed by atoms with Crippen molar-refractivity contribution >= 4 is 22.6 Å². The smallest absolute Gasteiger partial charge is 0.254 e. The van der Waals surface area contributed by atoms with Gasteiger partial charge in [-0.3, -0.25) is 9.78 Å². The number of amides is 1. The highest BCUT2D eigenvalue weighted by molar-refractivity contribution is 6.00. The predicted octanol–water partition coefficient (Wildman–Crippen LogP) is 1.83. The van der Waals surface area contributed by atoms with E-state index in [1.807, 2.05) is 32.0 Å². The maximum Gasteiger partial charge on any atom is 0.254 e. The molecule has 1 aromatic carbocycles. The molecule has 0 aliphatic heterocycles. The summed E-state index contributed by atoms with van der Waals surface area (Å²) in [6, 6.07) is 9.01. The normalized spacial score (nSPS) is 11.9. The number of carbonyl (C=O) groups excluding carboxylic acids is 1. The Labute approximate surface area is 122 Å². The van der Waals surface area contributed by atoms with Crippen molar-refractivity contribution < 1.29 is 10.0 Å². The molecule has 1 aromatic heterocycles. The minimum atomic E-state index is -0.164. The van der Waals surface area contributed by atoms with Crippen molar-refractivity contribution in [3.05, 3.63) is 42.1 Å². The summed E-state index contributed by atoms with van der Waals surface area (Å²) < 4.78 is 0. The Morgan fingerprint density at radius 2 is 2.19 bits per heavy atom. The summed E-state index contributed by atoms with van der Waals surface area (Å²) in [5.74, 6) is -0.165. The number of nitrogens with zero attached hydrogens (tertiary/aromatic N) is 3. The zero-order chi connectivity index (χ0) is 15.4. The molecule has 1 amide bonds. The number of aromatic nitrogens is 1. The summed E-state index contributed by atoms with van der Waals surface area (Å²) >= 11 is 0. The average molecular weight is 286 g/mol. The molecule has 0 aliphatic carbocycles. The van der Waals surface area contributed by atoms with Gasteiger partial charge in [0.25, 0.3) is 5.91 Å². The van der Waals surface area contributed by atoms with Crippen molar-refractivity contribution in [3.8, 4) is 0 Å². The second kappa shape index (κ2) is 6.21. The van der Waals surface area contributed by atoms with E-state index < -0.39 is 0 Å². The van der Waals surface area contributed by atoms with Crippen LogP contribution >= 0.6 is 0 Å². The van der Waals surface area contributed by atoms with Crippen LogP contribution in [0.2, 0.25) is 0 Å². The highest BCUT2D eigenvalue weighted by atomic mass is 16.4. The average Bonchev–Trinajstić information content (AvgIpc) is 2.50. The van der Waals surface area contributed by atoms with Crippen molar-refractivity contribution in [1.29, 1.82) is 0 Å². The summed E-state index contributed by atoms with van der Waals surface area (Å²) in [7, 11) is 0. The van der Waals surface area contributed by atoms with Crippen molar-refractivity contribution in [2.45, 2.75) is 19.9 Å². The molecule has 6 heteroatoms. The summed E-state index contributed by atoms with van der Waals surface area (Å²) in [6.07, 6.45) is 1.71. The second-order valence-corrected chi connectivity index (χ2v) is 5.03. The summed E-state index contributed by atoms with van der Waals surface area (Å²) in [5.41, 5.74) is 6.90. The Morgan fingerprint density at radius 3 is 2.86 bits per heavy atom. The zero-order valence-corrected chi connectivity index (χ0v) is 12.0. The van der Waals surface area contributed by atoms with E-state index in [-0.39, 0.29) is 24.3 Å². The van der Waals surface area contributed by atoms with Gasteiger partial charge in [0.15, 0.2) is 5.84 Å². The molecule has 0 spiro atoms. The molecule has 0 fully saturated rings. The third kappa shape index (κ3) is 3.28. The number of pyridine rings is 1. The first-order chi connectivity index (χ1) is 10.0. The lowest BCUT2D eigenvalue weighted by atomic mass is 10.1. The maximum absolute atomic E-state index is 12.6. The second-order valence-electron chi connectivity index (χ2n) is 5.03. The van der Waals surface area contributed by atoms with Gasteiger partial charge in [-0.25, -0.2) is 0 Å². The van der Waals surface area contributed by atoms with Crippen LogP contribution in [0.1, 0.15) is 24.2 Å². The molecule has 1 heterocycles. The van der Waals surface area contributed by atoms with E-state index in [1.54, 1.807) is 23.2 Å². The van der Waals surface area contributed by atoms with Crippen LogP contribution in [0.15, 0.2) is 41.7 Å². The number of rotatable bonds is 4. The van der Waals surface area contributed by atoms with Gasteiger partial charge >= 0.3 is 0 Å². The predicted molar refractivity (Wildman–Crippen MR) is 81.3 cm³/mol. The van der Waals surface area contributed by atoms with Gasteiger partial charge in [0, 0.05) is 23.2 Å². The van der Waals surface area contributed by atoms with E-state index in [1.165, 1.54) is 0 Å². The van der Waals surface area contributed by atoms with Crippen LogP contribution in [0.5, 0.6) is 0 Å². The van der Waals surface area contributed by atoms with Gasteiger partial charge in [-0.2, -0.15) is 0 Å². The maximum atomic E-state index is 12.6. The summed E-state index contributed by atoms with van der Waals surface area (Å²) in [4.78, 5) is 18.4. The Kier molecular flexibility index (Phi) is 4.37. The number of hydrogen-bond donors (Lipinski definition) is 2. The third-order valence-electron chi connectivity index (χ3n) is 3.19. The molecule has 0 radical (unpaired) electrons. The number of nitrogens with two attached hydrogens (primary N) is 1. The van der Waals surface area contributed by atoms with Gasteiger partial charge in [0.05, 0.1) is 12.1 Å². The fourth-order valence-electron chi connectivity index (χ4n) is 2.07. The molecule has 0 atom stereocenters. The third-order valence-corrected chi connectivity index (χ3v) is 3.19. The molecule has 2 aromatic rings. The molecule has 0 aliphatic rings. The van der Waals surface area contributed by atoms with Crippen LogP contribution in [0.4, 0.5) is 0 Å². The molecule has 0 unspecified atom stereocenters. The van der Waals surface area contributed by atoms with Crippen LogP contribution < -0.4 is 5.73 Å². The lowest BCUT2D eigenvalue weighted by Crippen LogP contribution is -2.42.